The monoisotopic (exact) mass is 367 g/mol. The van der Waals surface area contributed by atoms with E-state index < -0.39 is 22.0 Å². The Kier molecular flexibility index (Phi) is 4.68. The van der Waals surface area contributed by atoms with Crippen LogP contribution >= 0.6 is 11.3 Å². The van der Waals surface area contributed by atoms with Crippen molar-refractivity contribution in [3.05, 3.63) is 28.6 Å². The molecule has 2 N–H and O–H groups in total. The van der Waals surface area contributed by atoms with Crippen molar-refractivity contribution < 1.29 is 18.3 Å². The van der Waals surface area contributed by atoms with Gasteiger partial charge in [-0.2, -0.15) is 4.72 Å². The molecule has 0 saturated heterocycles. The lowest BCUT2D eigenvalue weighted by molar-refractivity contribution is -0.140. The highest BCUT2D eigenvalue weighted by Gasteiger charge is 2.28. The van der Waals surface area contributed by atoms with Crippen molar-refractivity contribution in [3.63, 3.8) is 0 Å². The predicted octanol–water partition coefficient (Wildman–Crippen LogP) is 3.17. The van der Waals surface area contributed by atoms with Gasteiger partial charge in [-0.15, -0.1) is 11.3 Å². The molecule has 1 atom stereocenters. The number of benzene rings is 1. The Hall–Kier alpha value is -1.44. The molecule has 130 valence electrons. The topological polar surface area (TPSA) is 83.5 Å². The van der Waals surface area contributed by atoms with E-state index >= 15 is 0 Å². The Balaban J connectivity index is 1.97. The number of aryl methyl sites for hydroxylation is 2. The number of carboxylic acids is 1. The van der Waals surface area contributed by atoms with Crippen molar-refractivity contribution >= 4 is 37.4 Å². The van der Waals surface area contributed by atoms with Crippen molar-refractivity contribution in [3.8, 4) is 0 Å². The van der Waals surface area contributed by atoms with Crippen LogP contribution < -0.4 is 4.72 Å². The van der Waals surface area contributed by atoms with Crippen LogP contribution in [0.15, 0.2) is 23.1 Å². The smallest absolute Gasteiger partial charge is 0.322 e. The SMILES string of the molecule is CC(C)C(NS(=O)(=O)c1ccc2c3c(sc2c1)CCCC3)C(=O)O. The van der Waals surface area contributed by atoms with Gasteiger partial charge in [-0.3, -0.25) is 4.79 Å². The molecule has 0 amide bonds. The van der Waals surface area contributed by atoms with Gasteiger partial charge >= 0.3 is 5.97 Å². The van der Waals surface area contributed by atoms with E-state index in [0.29, 0.717) is 0 Å². The summed E-state index contributed by atoms with van der Waals surface area (Å²) in [7, 11) is -3.87. The predicted molar refractivity (Wildman–Crippen MR) is 95.1 cm³/mol. The summed E-state index contributed by atoms with van der Waals surface area (Å²) in [6.45, 7) is 3.36. The maximum Gasteiger partial charge on any atom is 0.322 e. The van der Waals surface area contributed by atoms with Gasteiger partial charge in [0.25, 0.3) is 0 Å². The molecule has 24 heavy (non-hydrogen) atoms. The summed E-state index contributed by atoms with van der Waals surface area (Å²) in [6, 6.07) is 3.96. The highest BCUT2D eigenvalue weighted by atomic mass is 32.2. The molecule has 1 aromatic carbocycles. The standard InChI is InChI=1S/C17H21NO4S2/c1-10(2)16(17(19)20)18-24(21,22)11-7-8-13-12-5-3-4-6-14(12)23-15(13)9-11/h7-10,16,18H,3-6H2,1-2H3,(H,19,20). The van der Waals surface area contributed by atoms with E-state index in [-0.39, 0.29) is 10.8 Å². The van der Waals surface area contributed by atoms with Crippen molar-refractivity contribution in [2.75, 3.05) is 0 Å². The molecule has 3 rings (SSSR count). The van der Waals surface area contributed by atoms with E-state index in [4.69, 9.17) is 0 Å². The third-order valence-corrected chi connectivity index (χ3v) is 7.15. The van der Waals surface area contributed by atoms with E-state index in [2.05, 4.69) is 4.72 Å². The third-order valence-electron chi connectivity index (χ3n) is 4.45. The number of carboxylic acid groups (broad SMARTS) is 1. The minimum Gasteiger partial charge on any atom is -0.480 e. The largest absolute Gasteiger partial charge is 0.480 e. The average molecular weight is 367 g/mol. The summed E-state index contributed by atoms with van der Waals surface area (Å²) >= 11 is 1.65. The van der Waals surface area contributed by atoms with Crippen LogP contribution in [0.5, 0.6) is 0 Å². The first-order valence-electron chi connectivity index (χ1n) is 8.09. The van der Waals surface area contributed by atoms with E-state index in [0.717, 1.165) is 22.9 Å². The van der Waals surface area contributed by atoms with E-state index in [1.165, 1.54) is 23.3 Å². The molecule has 0 fully saturated rings. The summed E-state index contributed by atoms with van der Waals surface area (Å²) in [4.78, 5) is 12.7. The molecule has 7 heteroatoms. The molecule has 1 unspecified atom stereocenters. The van der Waals surface area contributed by atoms with Crippen LogP contribution in [0.2, 0.25) is 0 Å². The fourth-order valence-electron chi connectivity index (χ4n) is 3.12. The van der Waals surface area contributed by atoms with Gasteiger partial charge in [-0.1, -0.05) is 19.9 Å². The molecule has 0 spiro atoms. The highest BCUT2D eigenvalue weighted by Crippen LogP contribution is 2.37. The number of aliphatic carboxylic acids is 1. The van der Waals surface area contributed by atoms with Crippen LogP contribution in [0.1, 0.15) is 37.1 Å². The third kappa shape index (κ3) is 3.20. The van der Waals surface area contributed by atoms with Gasteiger partial charge in [0, 0.05) is 9.58 Å². The molecule has 0 bridgehead atoms. The van der Waals surface area contributed by atoms with Gasteiger partial charge in [0.15, 0.2) is 0 Å². The molecule has 2 aromatic rings. The number of hydrogen-bond acceptors (Lipinski definition) is 4. The zero-order valence-electron chi connectivity index (χ0n) is 13.7. The molecular weight excluding hydrogens is 346 g/mol. The van der Waals surface area contributed by atoms with Gasteiger partial charge in [0.2, 0.25) is 10.0 Å². The van der Waals surface area contributed by atoms with Crippen LogP contribution in [0.4, 0.5) is 0 Å². The number of rotatable bonds is 5. The molecule has 5 nitrogen and oxygen atoms in total. The molecule has 0 aliphatic heterocycles. The van der Waals surface area contributed by atoms with Crippen LogP contribution in [-0.4, -0.2) is 25.5 Å². The Morgan fingerprint density at radius 2 is 1.96 bits per heavy atom. The molecule has 0 radical (unpaired) electrons. The van der Waals surface area contributed by atoms with Crippen LogP contribution in [0.3, 0.4) is 0 Å². The van der Waals surface area contributed by atoms with Gasteiger partial charge in [0.1, 0.15) is 6.04 Å². The molecule has 1 aromatic heterocycles. The second-order valence-corrected chi connectivity index (χ2v) is 9.40. The molecule has 1 aliphatic rings. The summed E-state index contributed by atoms with van der Waals surface area (Å²) < 4.78 is 28.4. The van der Waals surface area contributed by atoms with Crippen molar-refractivity contribution in [2.24, 2.45) is 5.92 Å². The summed E-state index contributed by atoms with van der Waals surface area (Å²) in [5.74, 6) is -1.50. The Bertz CT molecular complexity index is 883. The Morgan fingerprint density at radius 1 is 1.25 bits per heavy atom. The first kappa shape index (κ1) is 17.4. The van der Waals surface area contributed by atoms with Crippen LogP contribution in [-0.2, 0) is 27.7 Å². The number of hydrogen-bond donors (Lipinski definition) is 2. The molecular formula is C17H21NO4S2. The molecule has 0 saturated carbocycles. The second kappa shape index (κ2) is 6.46. The van der Waals surface area contributed by atoms with Gasteiger partial charge in [0.05, 0.1) is 4.90 Å². The van der Waals surface area contributed by atoms with Crippen molar-refractivity contribution in [1.82, 2.24) is 4.72 Å². The number of sulfonamides is 1. The summed E-state index contributed by atoms with van der Waals surface area (Å²) in [5.41, 5.74) is 1.35. The summed E-state index contributed by atoms with van der Waals surface area (Å²) in [6.07, 6.45) is 4.47. The average Bonchev–Trinajstić information content (AvgIpc) is 2.89. The fraction of sp³-hybridized carbons (Fsp3) is 0.471. The van der Waals surface area contributed by atoms with Gasteiger partial charge < -0.3 is 5.11 Å². The second-order valence-electron chi connectivity index (χ2n) is 6.55. The first-order valence-corrected chi connectivity index (χ1v) is 10.4. The number of nitrogens with one attached hydrogen (secondary N) is 1. The minimum atomic E-state index is -3.87. The normalized spacial score (nSPS) is 16.3. The highest BCUT2D eigenvalue weighted by molar-refractivity contribution is 7.89. The maximum absolute atomic E-state index is 12.6. The Morgan fingerprint density at radius 3 is 2.62 bits per heavy atom. The number of carbonyl (C=O) groups is 1. The van der Waals surface area contributed by atoms with Gasteiger partial charge in [-0.25, -0.2) is 8.42 Å². The first-order chi connectivity index (χ1) is 11.3. The van der Waals surface area contributed by atoms with Crippen molar-refractivity contribution in [2.45, 2.75) is 50.5 Å². The fourth-order valence-corrected chi connectivity index (χ4v) is 5.89. The van der Waals surface area contributed by atoms with Crippen LogP contribution in [0, 0.1) is 5.92 Å². The van der Waals surface area contributed by atoms with E-state index in [9.17, 15) is 18.3 Å². The molecule has 1 heterocycles. The zero-order valence-corrected chi connectivity index (χ0v) is 15.3. The van der Waals surface area contributed by atoms with E-state index in [1.54, 1.807) is 37.3 Å². The lowest BCUT2D eigenvalue weighted by Crippen LogP contribution is -2.44. The maximum atomic E-state index is 12.6. The minimum absolute atomic E-state index is 0.125. The van der Waals surface area contributed by atoms with Crippen LogP contribution in [0.25, 0.3) is 10.1 Å². The quantitative estimate of drug-likeness (QED) is 0.850. The van der Waals surface area contributed by atoms with Crippen molar-refractivity contribution in [1.29, 1.82) is 0 Å². The number of thiophene rings is 1. The Labute approximate surface area is 145 Å². The number of fused-ring (bicyclic) bond motifs is 3. The molecule has 1 aliphatic carbocycles. The zero-order chi connectivity index (χ0) is 17.5. The van der Waals surface area contributed by atoms with Gasteiger partial charge in [-0.05, 0) is 54.7 Å². The lowest BCUT2D eigenvalue weighted by Gasteiger charge is -2.18. The lowest BCUT2D eigenvalue weighted by atomic mass is 9.96. The van der Waals surface area contributed by atoms with E-state index in [1.807, 2.05) is 6.07 Å². The summed E-state index contributed by atoms with van der Waals surface area (Å²) in [5, 5.41) is 10.3.